The van der Waals surface area contributed by atoms with Crippen LogP contribution in [0.4, 0.5) is 9.59 Å². The molecule has 5 heterocycles. The molecule has 3 aliphatic heterocycles. The average molecular weight is 709 g/mol. The van der Waals surface area contributed by atoms with Crippen molar-refractivity contribution in [2.45, 2.75) is 63.7 Å². The van der Waals surface area contributed by atoms with Crippen molar-refractivity contribution in [2.24, 2.45) is 5.92 Å². The Labute approximate surface area is 301 Å². The van der Waals surface area contributed by atoms with E-state index in [9.17, 15) is 19.2 Å². The molecule has 7 rings (SSSR count). The van der Waals surface area contributed by atoms with Crippen LogP contribution >= 0.6 is 0 Å². The number of hydrogen-bond acceptors (Lipinski definition) is 8. The van der Waals surface area contributed by atoms with Gasteiger partial charge >= 0.3 is 12.2 Å². The Kier molecular flexibility index (Phi) is 9.71. The fraction of sp³-hybridized carbons (Fsp3) is 0.421. The first kappa shape index (κ1) is 34.8. The molecule has 4 atom stereocenters. The highest BCUT2D eigenvalue weighted by atomic mass is 16.5. The number of benzene rings is 2. The summed E-state index contributed by atoms with van der Waals surface area (Å²) in [6.07, 6.45) is 5.72. The third-order valence-electron chi connectivity index (χ3n) is 10.5. The summed E-state index contributed by atoms with van der Waals surface area (Å²) < 4.78 is 9.58. The number of ether oxygens (including phenoxy) is 2. The van der Waals surface area contributed by atoms with Gasteiger partial charge in [-0.2, -0.15) is 0 Å². The lowest BCUT2D eigenvalue weighted by Gasteiger charge is -2.38. The van der Waals surface area contributed by atoms with Gasteiger partial charge in [0.05, 0.1) is 56.1 Å². The predicted molar refractivity (Wildman–Crippen MR) is 191 cm³/mol. The van der Waals surface area contributed by atoms with Gasteiger partial charge in [0.2, 0.25) is 11.8 Å². The Morgan fingerprint density at radius 2 is 1.38 bits per heavy atom. The molecule has 0 unspecified atom stereocenters. The van der Waals surface area contributed by atoms with Crippen LogP contribution < -0.4 is 5.32 Å². The quantitative estimate of drug-likeness (QED) is 0.222. The van der Waals surface area contributed by atoms with Gasteiger partial charge in [-0.15, -0.1) is 0 Å². The van der Waals surface area contributed by atoms with Gasteiger partial charge in [0.15, 0.2) is 0 Å². The molecule has 4 amide bonds. The number of aromatic nitrogens is 4. The lowest BCUT2D eigenvalue weighted by Crippen LogP contribution is -2.55. The van der Waals surface area contributed by atoms with Crippen LogP contribution in [-0.2, 0) is 19.1 Å². The Balaban J connectivity index is 0.997. The van der Waals surface area contributed by atoms with Crippen LogP contribution in [0.15, 0.2) is 60.9 Å². The highest BCUT2D eigenvalue weighted by Gasteiger charge is 2.44. The number of piperazine rings is 1. The SMILES string of the molecule is COC(=O)N[C@H](C(=O)N1CCC[C@H]1c1ncc(-c2ccc(-c3ccc(-c4cnc([C@@H]5CC[C@H]6CN(C(=O)OC)CC(=O)N65)[nH]4)cc3)cc2)[nH]1)C(C)C. The van der Waals surface area contributed by atoms with Crippen LogP contribution in [-0.4, -0.2) is 105 Å². The Morgan fingerprint density at radius 1 is 0.808 bits per heavy atom. The topological polar surface area (TPSA) is 166 Å². The Morgan fingerprint density at radius 3 is 1.94 bits per heavy atom. The molecular weight excluding hydrogens is 664 g/mol. The van der Waals surface area contributed by atoms with Crippen molar-refractivity contribution in [1.29, 1.82) is 0 Å². The molecule has 52 heavy (non-hydrogen) atoms. The molecule has 14 heteroatoms. The molecular formula is C38H44N8O6. The van der Waals surface area contributed by atoms with Crippen molar-refractivity contribution in [2.75, 3.05) is 33.9 Å². The van der Waals surface area contributed by atoms with Crippen LogP contribution in [0.25, 0.3) is 33.6 Å². The number of carbonyl (C=O) groups excluding carboxylic acids is 4. The third-order valence-corrected chi connectivity index (χ3v) is 10.5. The standard InChI is InChI=1S/C38H44N8O6/c1-22(2)33(43-37(49)51-3)36(48)45-17-5-6-30(45)34-39-18-28(41-34)25-11-7-23(8-12-25)24-9-13-26(14-10-24)29-19-40-35(42-29)31-16-15-27-20-44(38(50)52-4)21-32(47)46(27)31/h7-14,18-19,22,27,30-31,33H,5-6,15-17,20-21H2,1-4H3,(H,39,41)(H,40,42)(H,43,49)/t27-,30-,31-,33-/m0/s1. The molecule has 0 aliphatic carbocycles. The van der Waals surface area contributed by atoms with Gasteiger partial charge in [-0.05, 0) is 53.9 Å². The summed E-state index contributed by atoms with van der Waals surface area (Å²) in [4.78, 5) is 71.8. The minimum Gasteiger partial charge on any atom is -0.453 e. The summed E-state index contributed by atoms with van der Waals surface area (Å²) in [7, 11) is 2.62. The molecule has 14 nitrogen and oxygen atoms in total. The number of alkyl carbamates (subject to hydrolysis) is 1. The molecule has 3 aliphatic rings. The first-order chi connectivity index (χ1) is 25.1. The maximum atomic E-state index is 13.5. The van der Waals surface area contributed by atoms with Crippen molar-refractivity contribution in [3.05, 3.63) is 72.6 Å². The van der Waals surface area contributed by atoms with Crippen molar-refractivity contribution in [1.82, 2.24) is 40.0 Å². The largest absolute Gasteiger partial charge is 0.453 e. The minimum absolute atomic E-state index is 0.0118. The second-order valence-corrected chi connectivity index (χ2v) is 14.0. The third kappa shape index (κ3) is 6.72. The summed E-state index contributed by atoms with van der Waals surface area (Å²) >= 11 is 0. The van der Waals surface area contributed by atoms with Crippen LogP contribution in [0.1, 0.15) is 63.3 Å². The van der Waals surface area contributed by atoms with Crippen LogP contribution in [0, 0.1) is 5.92 Å². The molecule has 0 saturated carbocycles. The summed E-state index contributed by atoms with van der Waals surface area (Å²) in [6.45, 7) is 4.87. The second kappa shape index (κ2) is 14.5. The monoisotopic (exact) mass is 708 g/mol. The van der Waals surface area contributed by atoms with Crippen molar-refractivity contribution in [3.63, 3.8) is 0 Å². The van der Waals surface area contributed by atoms with E-state index < -0.39 is 18.2 Å². The number of methoxy groups -OCH3 is 2. The Bertz CT molecular complexity index is 1940. The number of nitrogens with one attached hydrogen (secondary N) is 3. The molecule has 2 aromatic carbocycles. The van der Waals surface area contributed by atoms with Gasteiger partial charge in [-0.1, -0.05) is 62.4 Å². The zero-order valence-corrected chi connectivity index (χ0v) is 29.8. The summed E-state index contributed by atoms with van der Waals surface area (Å²) in [5.41, 5.74) is 5.83. The smallest absolute Gasteiger partial charge is 0.410 e. The van der Waals surface area contributed by atoms with Gasteiger partial charge in [0, 0.05) is 13.1 Å². The number of carbonyl (C=O) groups is 4. The van der Waals surface area contributed by atoms with Crippen molar-refractivity contribution >= 4 is 24.0 Å². The number of aromatic amines is 2. The number of nitrogens with zero attached hydrogens (tertiary/aromatic N) is 5. The van der Waals surface area contributed by atoms with E-state index in [1.54, 1.807) is 11.1 Å². The minimum atomic E-state index is -0.684. The molecule has 3 fully saturated rings. The van der Waals surface area contributed by atoms with E-state index >= 15 is 0 Å². The molecule has 0 radical (unpaired) electrons. The Hall–Kier alpha value is -5.66. The number of amides is 4. The molecule has 2 aromatic heterocycles. The van der Waals surface area contributed by atoms with Crippen LogP contribution in [0.2, 0.25) is 0 Å². The van der Waals surface area contributed by atoms with Crippen LogP contribution in [0.3, 0.4) is 0 Å². The zero-order valence-electron chi connectivity index (χ0n) is 29.8. The number of imidazole rings is 2. The number of H-pyrrole nitrogens is 2. The number of hydrogen-bond donors (Lipinski definition) is 3. The van der Waals surface area contributed by atoms with Gasteiger partial charge < -0.3 is 34.6 Å². The predicted octanol–water partition coefficient (Wildman–Crippen LogP) is 5.29. The van der Waals surface area contributed by atoms with E-state index in [4.69, 9.17) is 9.47 Å². The first-order valence-corrected chi connectivity index (χ1v) is 17.7. The zero-order chi connectivity index (χ0) is 36.5. The lowest BCUT2D eigenvalue weighted by atomic mass is 10.0. The van der Waals surface area contributed by atoms with E-state index in [1.807, 2.05) is 24.9 Å². The highest BCUT2D eigenvalue weighted by Crippen LogP contribution is 2.38. The molecule has 3 saturated heterocycles. The van der Waals surface area contributed by atoms with Gasteiger partial charge in [0.25, 0.3) is 0 Å². The van der Waals surface area contributed by atoms with Crippen molar-refractivity contribution < 1.29 is 28.7 Å². The maximum Gasteiger partial charge on any atom is 0.410 e. The van der Waals surface area contributed by atoms with E-state index in [1.165, 1.54) is 19.1 Å². The normalized spacial score (nSPS) is 20.6. The maximum absolute atomic E-state index is 13.5. The van der Waals surface area contributed by atoms with Crippen molar-refractivity contribution in [3.8, 4) is 33.6 Å². The fourth-order valence-corrected chi connectivity index (χ4v) is 7.72. The lowest BCUT2D eigenvalue weighted by molar-refractivity contribution is -0.139. The average Bonchev–Trinajstić information content (AvgIpc) is 3.99. The first-order valence-electron chi connectivity index (χ1n) is 17.7. The van der Waals surface area contributed by atoms with E-state index in [0.29, 0.717) is 13.1 Å². The summed E-state index contributed by atoms with van der Waals surface area (Å²) in [5.74, 6) is 1.14. The summed E-state index contributed by atoms with van der Waals surface area (Å²) in [6, 6.07) is 15.4. The van der Waals surface area contributed by atoms with Crippen LogP contribution in [0.5, 0.6) is 0 Å². The molecule has 3 N–H and O–H groups in total. The molecule has 4 aromatic rings. The van der Waals surface area contributed by atoms with Gasteiger partial charge in [-0.3, -0.25) is 14.5 Å². The van der Waals surface area contributed by atoms with E-state index in [2.05, 4.69) is 73.8 Å². The number of fused-ring (bicyclic) bond motifs is 1. The van der Waals surface area contributed by atoms with E-state index in [-0.39, 0.29) is 42.4 Å². The number of rotatable bonds is 8. The van der Waals surface area contributed by atoms with E-state index in [0.717, 1.165) is 71.0 Å². The molecule has 0 bridgehead atoms. The highest BCUT2D eigenvalue weighted by molar-refractivity contribution is 5.86. The second-order valence-electron chi connectivity index (χ2n) is 14.0. The number of likely N-dealkylation sites (tertiary alicyclic amines) is 1. The molecule has 272 valence electrons. The summed E-state index contributed by atoms with van der Waals surface area (Å²) in [5, 5.41) is 2.69. The fourth-order valence-electron chi connectivity index (χ4n) is 7.72. The van der Waals surface area contributed by atoms with Gasteiger partial charge in [0.1, 0.15) is 24.2 Å². The molecule has 0 spiro atoms. The van der Waals surface area contributed by atoms with Gasteiger partial charge in [-0.25, -0.2) is 19.6 Å².